The average molecular weight is 309 g/mol. The van der Waals surface area contributed by atoms with Gasteiger partial charge in [-0.05, 0) is 42.8 Å². The maximum Gasteiger partial charge on any atom is 0.248 e. The van der Waals surface area contributed by atoms with E-state index in [2.05, 4.69) is 28.3 Å². The lowest BCUT2D eigenvalue weighted by Crippen LogP contribution is -2.07. The number of carbonyl (C=O) groups excluding carboxylic acids is 1. The molecule has 22 heavy (non-hydrogen) atoms. The summed E-state index contributed by atoms with van der Waals surface area (Å²) in [7, 11) is 0. The molecule has 0 spiro atoms. The van der Waals surface area contributed by atoms with Gasteiger partial charge in [0, 0.05) is 33.9 Å². The van der Waals surface area contributed by atoms with Crippen LogP contribution in [-0.4, -0.2) is 15.9 Å². The van der Waals surface area contributed by atoms with E-state index in [1.54, 1.807) is 29.8 Å². The molecule has 1 N–H and O–H groups in total. The molecule has 1 aromatic carbocycles. The summed E-state index contributed by atoms with van der Waals surface area (Å²) in [5.74, 6) is -0.158. The Hall–Kier alpha value is -2.53. The zero-order valence-electron chi connectivity index (χ0n) is 12.1. The third-order valence-corrected chi connectivity index (χ3v) is 4.36. The Balaban J connectivity index is 1.69. The molecule has 3 aromatic rings. The fraction of sp³-hybridized carbons (Fsp3) is 0.118. The van der Waals surface area contributed by atoms with Gasteiger partial charge in [-0.1, -0.05) is 6.92 Å². The van der Waals surface area contributed by atoms with Crippen molar-refractivity contribution < 1.29 is 4.79 Å². The molecule has 2 heterocycles. The molecular weight excluding hydrogens is 294 g/mol. The van der Waals surface area contributed by atoms with E-state index in [9.17, 15) is 4.79 Å². The largest absolute Gasteiger partial charge is 0.322 e. The highest BCUT2D eigenvalue weighted by Gasteiger charge is 2.01. The number of rotatable bonds is 4. The number of nitrogens with one attached hydrogen (secondary N) is 1. The number of aryl methyl sites for hydroxylation is 1. The van der Waals surface area contributed by atoms with Gasteiger partial charge >= 0.3 is 0 Å². The van der Waals surface area contributed by atoms with Crippen LogP contribution in [0, 0.1) is 0 Å². The van der Waals surface area contributed by atoms with Crippen LogP contribution in [-0.2, 0) is 11.2 Å². The quantitative estimate of drug-likeness (QED) is 0.744. The van der Waals surface area contributed by atoms with E-state index in [4.69, 9.17) is 0 Å². The lowest BCUT2D eigenvalue weighted by Gasteiger charge is -2.03. The molecule has 0 bridgehead atoms. The number of carbonyl (C=O) groups is 1. The Kier molecular flexibility index (Phi) is 4.25. The Morgan fingerprint density at radius 2 is 2.00 bits per heavy atom. The first-order valence-electron chi connectivity index (χ1n) is 7.03. The maximum atomic E-state index is 12.0. The van der Waals surface area contributed by atoms with Gasteiger partial charge in [0.05, 0.1) is 11.0 Å². The van der Waals surface area contributed by atoms with Crippen LogP contribution in [0.2, 0.25) is 0 Å². The Labute approximate surface area is 132 Å². The van der Waals surface area contributed by atoms with Crippen molar-refractivity contribution in [3.8, 4) is 0 Å². The highest BCUT2D eigenvalue weighted by molar-refractivity contribution is 7.12. The molecule has 110 valence electrons. The monoisotopic (exact) mass is 309 g/mol. The maximum absolute atomic E-state index is 12.0. The molecule has 2 aromatic heterocycles. The molecule has 0 radical (unpaired) electrons. The number of hydrogen-bond acceptors (Lipinski definition) is 4. The lowest BCUT2D eigenvalue weighted by atomic mass is 10.2. The molecule has 0 unspecified atom stereocenters. The number of benzene rings is 1. The second kappa shape index (κ2) is 6.49. The minimum absolute atomic E-state index is 0.158. The van der Waals surface area contributed by atoms with Crippen molar-refractivity contribution >= 4 is 40.0 Å². The molecular formula is C17H15N3OS. The van der Waals surface area contributed by atoms with E-state index < -0.39 is 0 Å². The molecule has 0 aliphatic heterocycles. The molecule has 0 aliphatic carbocycles. The van der Waals surface area contributed by atoms with E-state index in [-0.39, 0.29) is 5.91 Å². The van der Waals surface area contributed by atoms with Crippen molar-refractivity contribution in [2.75, 3.05) is 5.32 Å². The van der Waals surface area contributed by atoms with Gasteiger partial charge < -0.3 is 5.32 Å². The number of hydrogen-bond donors (Lipinski definition) is 1. The van der Waals surface area contributed by atoms with Gasteiger partial charge in [-0.25, -0.2) is 0 Å². The van der Waals surface area contributed by atoms with Crippen LogP contribution in [0.5, 0.6) is 0 Å². The van der Waals surface area contributed by atoms with Gasteiger partial charge in [-0.2, -0.15) is 0 Å². The molecule has 0 fully saturated rings. The third kappa shape index (κ3) is 3.38. The number of anilines is 1. The number of thiophene rings is 1. The van der Waals surface area contributed by atoms with Crippen LogP contribution in [0.15, 0.2) is 48.8 Å². The van der Waals surface area contributed by atoms with Crippen LogP contribution in [0.4, 0.5) is 5.69 Å². The van der Waals surface area contributed by atoms with Crippen molar-refractivity contribution in [2.45, 2.75) is 13.3 Å². The zero-order chi connectivity index (χ0) is 15.4. The topological polar surface area (TPSA) is 54.9 Å². The van der Waals surface area contributed by atoms with Gasteiger partial charge in [0.2, 0.25) is 5.91 Å². The first kappa shape index (κ1) is 14.4. The molecule has 0 saturated heterocycles. The number of nitrogens with zero attached hydrogens (tertiary/aromatic N) is 2. The lowest BCUT2D eigenvalue weighted by molar-refractivity contribution is -0.111. The van der Waals surface area contributed by atoms with Crippen molar-refractivity contribution in [3.63, 3.8) is 0 Å². The molecule has 5 heteroatoms. The Morgan fingerprint density at radius 1 is 1.18 bits per heavy atom. The van der Waals surface area contributed by atoms with E-state index in [1.807, 2.05) is 30.3 Å². The van der Waals surface area contributed by atoms with E-state index in [0.717, 1.165) is 22.3 Å². The summed E-state index contributed by atoms with van der Waals surface area (Å²) in [4.78, 5) is 22.8. The molecule has 1 amide bonds. The second-order valence-electron chi connectivity index (χ2n) is 4.74. The zero-order valence-corrected chi connectivity index (χ0v) is 12.9. The fourth-order valence-electron chi connectivity index (χ4n) is 2.06. The molecule has 0 saturated carbocycles. The summed E-state index contributed by atoms with van der Waals surface area (Å²) in [6.45, 7) is 2.12. The minimum Gasteiger partial charge on any atom is -0.322 e. The van der Waals surface area contributed by atoms with Crippen molar-refractivity contribution in [3.05, 3.63) is 58.6 Å². The third-order valence-electron chi connectivity index (χ3n) is 3.17. The smallest absolute Gasteiger partial charge is 0.248 e. The number of amides is 1. The average Bonchev–Trinajstić information content (AvgIpc) is 3.01. The van der Waals surface area contributed by atoms with Gasteiger partial charge in [-0.15, -0.1) is 11.3 Å². The first-order valence-corrected chi connectivity index (χ1v) is 7.85. The predicted molar refractivity (Wildman–Crippen MR) is 90.9 cm³/mol. The van der Waals surface area contributed by atoms with Crippen LogP contribution in [0.1, 0.15) is 16.7 Å². The summed E-state index contributed by atoms with van der Waals surface area (Å²) in [5.41, 5.74) is 2.28. The highest BCUT2D eigenvalue weighted by atomic mass is 32.1. The van der Waals surface area contributed by atoms with Crippen LogP contribution in [0.3, 0.4) is 0 Å². The Morgan fingerprint density at radius 3 is 2.77 bits per heavy atom. The van der Waals surface area contributed by atoms with Crippen molar-refractivity contribution in [1.29, 1.82) is 0 Å². The standard InChI is InChI=1S/C17H15N3OS/c1-2-13-4-5-14(22-13)6-8-17(21)20-12-3-7-15-16(11-12)19-10-9-18-15/h3-11H,2H2,1H3,(H,20,21)/b8-6+. The summed E-state index contributed by atoms with van der Waals surface area (Å²) < 4.78 is 0. The van der Waals surface area contributed by atoms with Crippen LogP contribution >= 0.6 is 11.3 Å². The van der Waals surface area contributed by atoms with Crippen molar-refractivity contribution in [1.82, 2.24) is 9.97 Å². The summed E-state index contributed by atoms with van der Waals surface area (Å²) >= 11 is 1.70. The number of aromatic nitrogens is 2. The van der Waals surface area contributed by atoms with Gasteiger partial charge in [0.25, 0.3) is 0 Å². The summed E-state index contributed by atoms with van der Waals surface area (Å²) in [6, 6.07) is 9.59. The van der Waals surface area contributed by atoms with Gasteiger partial charge in [-0.3, -0.25) is 14.8 Å². The Bertz CT molecular complexity index is 839. The molecule has 4 nitrogen and oxygen atoms in total. The van der Waals surface area contributed by atoms with E-state index in [0.29, 0.717) is 5.69 Å². The van der Waals surface area contributed by atoms with Crippen LogP contribution in [0.25, 0.3) is 17.1 Å². The van der Waals surface area contributed by atoms with Gasteiger partial charge in [0.15, 0.2) is 0 Å². The molecule has 3 rings (SSSR count). The second-order valence-corrected chi connectivity index (χ2v) is 5.94. The first-order chi connectivity index (χ1) is 10.7. The predicted octanol–water partition coefficient (Wildman–Crippen LogP) is 3.91. The molecule has 0 atom stereocenters. The van der Waals surface area contributed by atoms with E-state index in [1.165, 1.54) is 4.88 Å². The number of fused-ring (bicyclic) bond motifs is 1. The van der Waals surface area contributed by atoms with Crippen LogP contribution < -0.4 is 5.32 Å². The normalized spacial score (nSPS) is 11.1. The van der Waals surface area contributed by atoms with Crippen molar-refractivity contribution in [2.24, 2.45) is 0 Å². The summed E-state index contributed by atoms with van der Waals surface area (Å²) in [6.07, 6.45) is 7.68. The fourth-order valence-corrected chi connectivity index (χ4v) is 2.91. The minimum atomic E-state index is -0.158. The highest BCUT2D eigenvalue weighted by Crippen LogP contribution is 2.18. The van der Waals surface area contributed by atoms with Gasteiger partial charge in [0.1, 0.15) is 0 Å². The van der Waals surface area contributed by atoms with E-state index >= 15 is 0 Å². The summed E-state index contributed by atoms with van der Waals surface area (Å²) in [5, 5.41) is 2.84. The molecule has 0 aliphatic rings. The SMILES string of the molecule is CCc1ccc(/C=C/C(=O)Nc2ccc3nccnc3c2)s1.